The maximum absolute atomic E-state index is 6.07. The smallest absolute Gasteiger partial charge is 0.131 e. The lowest BCUT2D eigenvalue weighted by atomic mass is 9.91. The standard InChI is InChI=1S/C30H30ClN3/c1-20(2)30-32-28-21(3)17-34(18-22-7-5-4-6-8-22)19-27(28)29(33-30)25-11-9-23(10-12-25)24-13-15-26(31)16-14-24/h4-16,20-21H,17-19H2,1-3H3. The maximum atomic E-state index is 6.07. The van der Waals surface area contributed by atoms with Crippen molar-refractivity contribution in [2.75, 3.05) is 6.54 Å². The molecule has 0 saturated carbocycles. The number of benzene rings is 3. The van der Waals surface area contributed by atoms with Crippen molar-refractivity contribution >= 4 is 11.6 Å². The number of hydrogen-bond acceptors (Lipinski definition) is 3. The zero-order chi connectivity index (χ0) is 23.7. The first kappa shape index (κ1) is 22.8. The Morgan fingerprint density at radius 2 is 1.47 bits per heavy atom. The average Bonchev–Trinajstić information content (AvgIpc) is 2.85. The van der Waals surface area contributed by atoms with Crippen LogP contribution in [-0.2, 0) is 13.1 Å². The third-order valence-corrected chi connectivity index (χ3v) is 6.79. The van der Waals surface area contributed by atoms with E-state index in [1.807, 2.05) is 12.1 Å². The largest absolute Gasteiger partial charge is 0.294 e. The summed E-state index contributed by atoms with van der Waals surface area (Å²) >= 11 is 6.07. The van der Waals surface area contributed by atoms with Gasteiger partial charge in [-0.2, -0.15) is 0 Å². The molecular weight excluding hydrogens is 438 g/mol. The van der Waals surface area contributed by atoms with E-state index in [4.69, 9.17) is 21.6 Å². The molecule has 34 heavy (non-hydrogen) atoms. The fourth-order valence-electron chi connectivity index (χ4n) is 4.77. The molecule has 4 aromatic rings. The van der Waals surface area contributed by atoms with Gasteiger partial charge in [-0.15, -0.1) is 0 Å². The van der Waals surface area contributed by atoms with Crippen LogP contribution in [0, 0.1) is 0 Å². The van der Waals surface area contributed by atoms with E-state index >= 15 is 0 Å². The summed E-state index contributed by atoms with van der Waals surface area (Å²) in [6.45, 7) is 9.44. The predicted octanol–water partition coefficient (Wildman–Crippen LogP) is 7.71. The van der Waals surface area contributed by atoms with Gasteiger partial charge in [0.05, 0.1) is 11.4 Å². The monoisotopic (exact) mass is 467 g/mol. The number of hydrogen-bond donors (Lipinski definition) is 0. The van der Waals surface area contributed by atoms with Crippen molar-refractivity contribution < 1.29 is 0 Å². The highest BCUT2D eigenvalue weighted by Gasteiger charge is 2.28. The molecule has 1 atom stereocenters. The van der Waals surface area contributed by atoms with E-state index < -0.39 is 0 Å². The van der Waals surface area contributed by atoms with Gasteiger partial charge in [0.15, 0.2) is 0 Å². The van der Waals surface area contributed by atoms with Crippen molar-refractivity contribution in [3.8, 4) is 22.4 Å². The highest BCUT2D eigenvalue weighted by molar-refractivity contribution is 6.30. The van der Waals surface area contributed by atoms with Gasteiger partial charge in [0.2, 0.25) is 0 Å². The third kappa shape index (κ3) is 4.77. The van der Waals surface area contributed by atoms with Gasteiger partial charge in [-0.05, 0) is 28.8 Å². The maximum Gasteiger partial charge on any atom is 0.131 e. The topological polar surface area (TPSA) is 29.0 Å². The van der Waals surface area contributed by atoms with E-state index in [-0.39, 0.29) is 5.92 Å². The average molecular weight is 468 g/mol. The van der Waals surface area contributed by atoms with Crippen LogP contribution in [0.1, 0.15) is 55.3 Å². The van der Waals surface area contributed by atoms with Crippen LogP contribution in [0.25, 0.3) is 22.4 Å². The fourth-order valence-corrected chi connectivity index (χ4v) is 4.89. The Kier molecular flexibility index (Phi) is 6.49. The highest BCUT2D eigenvalue weighted by atomic mass is 35.5. The summed E-state index contributed by atoms with van der Waals surface area (Å²) in [7, 11) is 0. The fraction of sp³-hybridized carbons (Fsp3) is 0.267. The van der Waals surface area contributed by atoms with Crippen molar-refractivity contribution in [2.24, 2.45) is 0 Å². The van der Waals surface area contributed by atoms with Crippen LogP contribution >= 0.6 is 11.6 Å². The van der Waals surface area contributed by atoms with Gasteiger partial charge in [0.25, 0.3) is 0 Å². The summed E-state index contributed by atoms with van der Waals surface area (Å²) in [5.41, 5.74) is 8.36. The van der Waals surface area contributed by atoms with Crippen molar-refractivity contribution in [2.45, 2.75) is 45.7 Å². The first-order valence-electron chi connectivity index (χ1n) is 12.0. The van der Waals surface area contributed by atoms with Crippen LogP contribution in [0.3, 0.4) is 0 Å². The quantitative estimate of drug-likeness (QED) is 0.301. The van der Waals surface area contributed by atoms with Crippen LogP contribution < -0.4 is 0 Å². The Balaban J connectivity index is 1.52. The van der Waals surface area contributed by atoms with Crippen molar-refractivity contribution in [1.82, 2.24) is 14.9 Å². The number of halogens is 1. The lowest BCUT2D eigenvalue weighted by Gasteiger charge is -2.34. The van der Waals surface area contributed by atoms with Gasteiger partial charge < -0.3 is 0 Å². The first-order valence-corrected chi connectivity index (χ1v) is 12.4. The molecule has 4 heteroatoms. The van der Waals surface area contributed by atoms with Crippen LogP contribution in [0.4, 0.5) is 0 Å². The van der Waals surface area contributed by atoms with Gasteiger partial charge in [-0.1, -0.05) is 99.1 Å². The second-order valence-corrected chi connectivity index (χ2v) is 10.0. The van der Waals surface area contributed by atoms with Gasteiger partial charge in [-0.3, -0.25) is 4.90 Å². The van der Waals surface area contributed by atoms with Gasteiger partial charge in [0, 0.05) is 47.6 Å². The zero-order valence-corrected chi connectivity index (χ0v) is 20.8. The number of fused-ring (bicyclic) bond motifs is 1. The number of rotatable bonds is 5. The molecule has 3 nitrogen and oxygen atoms in total. The molecular formula is C30H30ClN3. The molecule has 0 amide bonds. The van der Waals surface area contributed by atoms with E-state index in [0.717, 1.165) is 47.3 Å². The highest BCUT2D eigenvalue weighted by Crippen LogP contribution is 2.35. The second-order valence-electron chi connectivity index (χ2n) is 9.59. The van der Waals surface area contributed by atoms with E-state index in [0.29, 0.717) is 5.92 Å². The minimum Gasteiger partial charge on any atom is -0.294 e. The molecule has 2 heterocycles. The minimum atomic E-state index is 0.284. The second kappa shape index (κ2) is 9.69. The molecule has 0 fully saturated rings. The molecule has 0 radical (unpaired) electrons. The molecule has 1 unspecified atom stereocenters. The van der Waals surface area contributed by atoms with Crippen LogP contribution in [-0.4, -0.2) is 21.4 Å². The lowest BCUT2D eigenvalue weighted by Crippen LogP contribution is -2.34. The van der Waals surface area contributed by atoms with Crippen molar-refractivity contribution in [1.29, 1.82) is 0 Å². The Hall–Kier alpha value is -3.01. The van der Waals surface area contributed by atoms with Crippen molar-refractivity contribution in [3.05, 3.63) is 107 Å². The van der Waals surface area contributed by atoms with E-state index in [2.05, 4.69) is 92.4 Å². The Morgan fingerprint density at radius 1 is 0.853 bits per heavy atom. The normalized spacial score (nSPS) is 16.0. The zero-order valence-electron chi connectivity index (χ0n) is 20.0. The van der Waals surface area contributed by atoms with E-state index in [1.54, 1.807) is 0 Å². The summed E-state index contributed by atoms with van der Waals surface area (Å²) in [6.07, 6.45) is 0. The van der Waals surface area contributed by atoms with Gasteiger partial charge in [0.1, 0.15) is 5.82 Å². The molecule has 1 aliphatic rings. The number of nitrogens with zero attached hydrogens (tertiary/aromatic N) is 3. The van der Waals surface area contributed by atoms with Crippen LogP contribution in [0.2, 0.25) is 5.02 Å². The molecule has 0 bridgehead atoms. The Labute approximate surface area is 207 Å². The molecule has 0 N–H and O–H groups in total. The SMILES string of the molecule is CC(C)c1nc(-c2ccc(-c3ccc(Cl)cc3)cc2)c2c(n1)C(C)CN(Cc1ccccc1)C2. The van der Waals surface area contributed by atoms with Gasteiger partial charge in [-0.25, -0.2) is 9.97 Å². The first-order chi connectivity index (χ1) is 16.5. The molecule has 5 rings (SSSR count). The van der Waals surface area contributed by atoms with E-state index in [9.17, 15) is 0 Å². The molecule has 0 aliphatic carbocycles. The molecule has 1 aromatic heterocycles. The van der Waals surface area contributed by atoms with Gasteiger partial charge >= 0.3 is 0 Å². The van der Waals surface area contributed by atoms with Crippen LogP contribution in [0.15, 0.2) is 78.9 Å². The molecule has 1 aliphatic heterocycles. The lowest BCUT2D eigenvalue weighted by molar-refractivity contribution is 0.223. The summed E-state index contributed by atoms with van der Waals surface area (Å²) < 4.78 is 0. The third-order valence-electron chi connectivity index (χ3n) is 6.54. The van der Waals surface area contributed by atoms with Crippen molar-refractivity contribution in [3.63, 3.8) is 0 Å². The molecule has 172 valence electrons. The minimum absolute atomic E-state index is 0.284. The Bertz CT molecular complexity index is 1270. The summed E-state index contributed by atoms with van der Waals surface area (Å²) in [5, 5.41) is 0.753. The Morgan fingerprint density at radius 3 is 2.12 bits per heavy atom. The molecule has 3 aromatic carbocycles. The molecule has 0 spiro atoms. The summed E-state index contributed by atoms with van der Waals surface area (Å²) in [4.78, 5) is 12.7. The summed E-state index contributed by atoms with van der Waals surface area (Å²) in [6, 6.07) is 27.4. The predicted molar refractivity (Wildman–Crippen MR) is 141 cm³/mol. The number of aromatic nitrogens is 2. The molecule has 0 saturated heterocycles. The van der Waals surface area contributed by atoms with E-state index in [1.165, 1.54) is 22.4 Å². The summed E-state index contributed by atoms with van der Waals surface area (Å²) in [5.74, 6) is 1.57. The van der Waals surface area contributed by atoms with Crippen LogP contribution in [0.5, 0.6) is 0 Å².